The Morgan fingerprint density at radius 3 is 1.16 bits per heavy atom. The first-order chi connectivity index (χ1) is 45.6. The number of rotatable bonds is 37. The van der Waals surface area contributed by atoms with Crippen LogP contribution in [0, 0.1) is 0 Å². The molecule has 1 atom stereocenters. The van der Waals surface area contributed by atoms with Gasteiger partial charge in [0.25, 0.3) is 0 Å². The molecule has 0 aliphatic carbocycles. The Balaban J connectivity index is 1.12. The third-order valence-electron chi connectivity index (χ3n) is 20.6. The molecule has 0 radical (unpaired) electrons. The fourth-order valence-corrected chi connectivity index (χ4v) is 41.2. The predicted octanol–water partition coefficient (Wildman–Crippen LogP) is 7.74. The molecule has 26 nitrogen and oxygen atoms in total. The average Bonchev–Trinajstić information content (AvgIpc) is 1.50. The summed E-state index contributed by atoms with van der Waals surface area (Å²) < 4.78 is 167. The van der Waals surface area contributed by atoms with Gasteiger partial charge in [0.2, 0.25) is 0 Å². The van der Waals surface area contributed by atoms with Gasteiger partial charge in [-0.3, -0.25) is 4.79 Å². The monoisotopic (exact) mass is 1460 g/mol. The van der Waals surface area contributed by atoms with Crippen LogP contribution in [0.1, 0.15) is 106 Å². The van der Waals surface area contributed by atoms with E-state index in [0.29, 0.717) is 114 Å². The molecule has 0 amide bonds. The number of benzene rings is 4. The predicted molar refractivity (Wildman–Crippen MR) is 377 cm³/mol. The summed E-state index contributed by atoms with van der Waals surface area (Å²) in [6.07, 6.45) is 4.44. The van der Waals surface area contributed by atoms with Crippen LogP contribution in [0.25, 0.3) is 21.5 Å². The average molecular weight is 1470 g/mol. The number of carboxylic acids is 1. The van der Waals surface area contributed by atoms with Gasteiger partial charge in [0.15, 0.2) is 0 Å². The molecule has 12 rings (SSSR count). The van der Waals surface area contributed by atoms with E-state index in [9.17, 15) is 70.0 Å². The zero-order chi connectivity index (χ0) is 69.5. The van der Waals surface area contributed by atoms with Crippen molar-refractivity contribution in [3.05, 3.63) is 130 Å². The Morgan fingerprint density at radius 1 is 0.454 bits per heavy atom. The van der Waals surface area contributed by atoms with Gasteiger partial charge in [-0.25, -0.2) is 0 Å². The van der Waals surface area contributed by atoms with Crippen LogP contribution in [0.3, 0.4) is 0 Å². The number of nitrogens with zero attached hydrogens (tertiary/aromatic N) is 10. The molecule has 6 aliphatic rings. The van der Waals surface area contributed by atoms with Gasteiger partial charge in [0.1, 0.15) is 0 Å². The van der Waals surface area contributed by atoms with Gasteiger partial charge in [-0.15, -0.1) is 0 Å². The van der Waals surface area contributed by atoms with Crippen LogP contribution in [-0.2, 0) is 53.5 Å². The summed E-state index contributed by atoms with van der Waals surface area (Å²) in [5.41, 5.74) is 4.12. The number of aliphatic carboxylic acids is 1. The standard InChI is InChI=1S/C64H86N10O16S4Si3/c1-6-7-34-73(36-19-42-91(77,78)79,35-18-8-9-33-56(75)76)40-23-46-95(2,3)89-97(90-96(4,5)47-24-41-74(37-20-43-92(80,81)82,38-21-44-93(83,84)85)39-22-45-94(86,87)88)69-57-48-25-10-11-26-49(48)58(69)66-60-52-29-14-15-30-53(52)62(71(60)97)68-64-55-32-17-16-31-54(55)63(72(64)97)67-61-51-28-13-12-27-50(51)59(65-57)70(61)97/h10-17,25-32H,6-9,18-24,33-47H2,1-5H3,(H3-2,75,76,77,78,79,80,81,82,83,84,85,86,87,88)/p+2. The minimum atomic E-state index is -7.35. The van der Waals surface area contributed by atoms with Crippen molar-refractivity contribution < 1.29 is 87.5 Å². The van der Waals surface area contributed by atoms with E-state index in [1.807, 2.05) is 97.1 Å². The third-order valence-corrected chi connectivity index (χ3v) is 40.5. The quantitative estimate of drug-likeness (QED) is 0.0108. The normalized spacial score (nSPS) is 18.4. The maximum absolute atomic E-state index is 12.4. The number of carbonyl (C=O) groups is 1. The fourth-order valence-electron chi connectivity index (χ4n) is 17.0. The zero-order valence-corrected chi connectivity index (χ0v) is 61.7. The van der Waals surface area contributed by atoms with Gasteiger partial charge in [0.05, 0.1) is 0 Å². The van der Waals surface area contributed by atoms with Gasteiger partial charge < -0.3 is 5.11 Å². The molecule has 0 saturated carbocycles. The maximum atomic E-state index is 12.4. The molecule has 33 heteroatoms. The Morgan fingerprint density at radius 2 is 0.794 bits per heavy atom. The van der Waals surface area contributed by atoms with Gasteiger partial charge >= 0.3 is 561 Å². The van der Waals surface area contributed by atoms with Crippen LogP contribution in [-0.4, -0.2) is 212 Å². The Bertz CT molecular complexity index is 4750. The van der Waals surface area contributed by atoms with Crippen molar-refractivity contribution in [3.8, 4) is 0 Å². The van der Waals surface area contributed by atoms with E-state index in [4.69, 9.17) is 20.0 Å². The summed E-state index contributed by atoms with van der Waals surface area (Å²) in [5, 5.41) is 12.7. The first kappa shape index (κ1) is 70.7. The van der Waals surface area contributed by atoms with Gasteiger partial charge in [-0.05, 0) is 0 Å². The second kappa shape index (κ2) is 25.2. The van der Waals surface area contributed by atoms with Crippen molar-refractivity contribution in [1.29, 1.82) is 0 Å². The molecule has 6 aromatic rings. The number of hydrogen-bond donors (Lipinski definition) is 5. The van der Waals surface area contributed by atoms with E-state index in [1.165, 1.54) is 0 Å². The molecule has 1 spiro atoms. The number of aliphatic imine (C=N–C) groups is 2. The Hall–Kier alpha value is -6.16. The van der Waals surface area contributed by atoms with E-state index in [2.05, 4.69) is 50.1 Å². The fraction of sp³-hybridized carbons (Fsp3) is 0.484. The van der Waals surface area contributed by atoms with Gasteiger partial charge in [0, 0.05) is 0 Å². The molecule has 0 saturated heterocycles. The number of unbranched alkanes of at least 4 members (excludes halogenated alkanes) is 3. The molecule has 6 aliphatic heterocycles. The summed E-state index contributed by atoms with van der Waals surface area (Å²) in [5.74, 6) is -0.0516. The van der Waals surface area contributed by atoms with E-state index in [-0.39, 0.29) is 62.8 Å². The van der Waals surface area contributed by atoms with Crippen molar-refractivity contribution in [3.63, 3.8) is 0 Å². The zero-order valence-electron chi connectivity index (χ0n) is 55.5. The minimum absolute atomic E-state index is 0.0333. The van der Waals surface area contributed by atoms with Crippen LogP contribution in [0.5, 0.6) is 0 Å². The SMILES string of the molecule is CCCC[N+](CCCCCC(=O)O)(CCC[Si](C)(C)O[Si-2]123(O[Si](C)(C)CCC[N+](CCCS(=O)(=O)O)(CCCS(=O)(=O)O)CCCS(=O)(=O)O)n4c5c6ccccc6c4N=C4c6ccccc6C(=[N+]41)N=c1c4ccccc4c(n12)=NC1=[N+]3C(=N5)c2ccccc21)CCCS(=O)(=O)O. The summed E-state index contributed by atoms with van der Waals surface area (Å²) in [7, 11) is -32.4. The van der Waals surface area contributed by atoms with Crippen LogP contribution >= 0.6 is 0 Å². The van der Waals surface area contributed by atoms with Gasteiger partial charge in [-0.1, -0.05) is 0 Å². The molecule has 5 N–H and O–H groups in total. The summed E-state index contributed by atoms with van der Waals surface area (Å²) in [6, 6.07) is 33.0. The van der Waals surface area contributed by atoms with E-state index in [1.54, 1.807) is 0 Å². The summed E-state index contributed by atoms with van der Waals surface area (Å²) in [4.78, 5) is 35.1. The van der Waals surface area contributed by atoms with Crippen molar-refractivity contribution in [2.75, 3.05) is 75.4 Å². The molecule has 0 fully saturated rings. The molecule has 1 unspecified atom stereocenters. The molecule has 4 aromatic carbocycles. The second-order valence-corrected chi connectivity index (χ2v) is 49.1. The first-order valence-corrected chi connectivity index (χ1v) is 48.8. The van der Waals surface area contributed by atoms with E-state index < -0.39 is 93.8 Å². The summed E-state index contributed by atoms with van der Waals surface area (Å²) in [6.45, 7) is 13.6. The molecule has 2 aromatic heterocycles. The van der Waals surface area contributed by atoms with E-state index >= 15 is 0 Å². The van der Waals surface area contributed by atoms with Crippen LogP contribution < -0.4 is 11.0 Å². The number of amidine groups is 4. The van der Waals surface area contributed by atoms with Crippen molar-refractivity contribution in [2.45, 2.75) is 122 Å². The molecule has 97 heavy (non-hydrogen) atoms. The molecule has 8 heterocycles. The van der Waals surface area contributed by atoms with E-state index in [0.717, 1.165) is 63.2 Å². The van der Waals surface area contributed by atoms with Gasteiger partial charge in [-0.2, -0.15) is 0 Å². The van der Waals surface area contributed by atoms with Crippen LogP contribution in [0.2, 0.25) is 38.3 Å². The third kappa shape index (κ3) is 12.5. The first-order valence-electron chi connectivity index (χ1n) is 33.5. The number of hydrogen-bond acceptors (Lipinski definition) is 15. The second-order valence-electron chi connectivity index (χ2n) is 28.5. The molecular weight excluding hydrogens is 1380 g/mol. The number of quaternary nitrogens is 2. The van der Waals surface area contributed by atoms with Crippen LogP contribution in [0.4, 0.5) is 11.6 Å². The number of carboxylic acid groups (broad SMARTS) is 1. The molecule has 0 bridgehead atoms. The number of aromatic nitrogens is 2. The Labute approximate surface area is 567 Å². The molecule has 524 valence electrons. The Kier molecular flexibility index (Phi) is 18.3. The van der Waals surface area contributed by atoms with Crippen molar-refractivity contribution in [1.82, 2.24) is 8.47 Å². The van der Waals surface area contributed by atoms with Crippen LogP contribution in [0.15, 0.2) is 117 Å². The molecular formula is C64H88N10O16S4Si3+2. The number of fused-ring (bicyclic) bond motifs is 12. The summed E-state index contributed by atoms with van der Waals surface area (Å²) >= 11 is 0. The van der Waals surface area contributed by atoms with Crippen molar-refractivity contribution >= 4 is 127 Å². The topological polar surface area (TPSA) is 339 Å². The van der Waals surface area contributed by atoms with Crippen molar-refractivity contribution in [2.24, 2.45) is 20.0 Å².